The fourth-order valence-electron chi connectivity index (χ4n) is 0.649. The first-order valence-corrected chi connectivity index (χ1v) is 3.48. The molecule has 0 aliphatic carbocycles. The molecule has 1 rings (SSSR count). The summed E-state index contributed by atoms with van der Waals surface area (Å²) < 4.78 is 0. The van der Waals surface area contributed by atoms with E-state index in [1.165, 1.54) is 11.3 Å². The minimum absolute atomic E-state index is 0.169. The first-order chi connectivity index (χ1) is 4.22. The van der Waals surface area contributed by atoms with E-state index in [4.69, 9.17) is 11.1 Å². The molecule has 3 N–H and O–H groups in total. The molecule has 0 bridgehead atoms. The van der Waals surface area contributed by atoms with E-state index in [9.17, 15) is 0 Å². The van der Waals surface area contributed by atoms with Crippen LogP contribution in [-0.4, -0.2) is 5.84 Å². The van der Waals surface area contributed by atoms with Crippen LogP contribution in [0.15, 0.2) is 11.4 Å². The van der Waals surface area contributed by atoms with Crippen molar-refractivity contribution in [3.05, 3.63) is 21.9 Å². The average molecular weight is 140 g/mol. The van der Waals surface area contributed by atoms with Gasteiger partial charge in [0.1, 0.15) is 5.84 Å². The molecule has 0 fully saturated rings. The van der Waals surface area contributed by atoms with E-state index in [0.29, 0.717) is 0 Å². The Bertz CT molecular complexity index is 227. The predicted octanol–water partition coefficient (Wildman–Crippen LogP) is 1.34. The van der Waals surface area contributed by atoms with E-state index in [1.54, 1.807) is 0 Å². The summed E-state index contributed by atoms with van der Waals surface area (Å²) >= 11 is 1.51. The maximum atomic E-state index is 7.08. The lowest BCUT2D eigenvalue weighted by atomic mass is 10.3. The minimum Gasteiger partial charge on any atom is -0.383 e. The Balaban J connectivity index is 3.08. The van der Waals surface area contributed by atoms with Gasteiger partial charge in [-0.15, -0.1) is 11.3 Å². The molecule has 0 amide bonds. The van der Waals surface area contributed by atoms with Crippen molar-refractivity contribution in [2.24, 2.45) is 5.73 Å². The van der Waals surface area contributed by atoms with Crippen molar-refractivity contribution in [1.82, 2.24) is 0 Å². The van der Waals surface area contributed by atoms with E-state index >= 15 is 0 Å². The minimum atomic E-state index is 0.169. The van der Waals surface area contributed by atoms with Crippen LogP contribution < -0.4 is 5.73 Å². The highest BCUT2D eigenvalue weighted by atomic mass is 32.1. The maximum absolute atomic E-state index is 7.08. The van der Waals surface area contributed by atoms with E-state index in [-0.39, 0.29) is 5.84 Å². The van der Waals surface area contributed by atoms with E-state index < -0.39 is 0 Å². The monoisotopic (exact) mass is 140 g/mol. The topological polar surface area (TPSA) is 49.9 Å². The Morgan fingerprint density at radius 2 is 2.44 bits per heavy atom. The van der Waals surface area contributed by atoms with E-state index in [0.717, 1.165) is 10.4 Å². The van der Waals surface area contributed by atoms with E-state index in [2.05, 4.69) is 0 Å². The second-order valence-electron chi connectivity index (χ2n) is 1.85. The molecule has 0 spiro atoms. The van der Waals surface area contributed by atoms with Gasteiger partial charge in [0, 0.05) is 0 Å². The van der Waals surface area contributed by atoms with Gasteiger partial charge in [-0.2, -0.15) is 0 Å². The van der Waals surface area contributed by atoms with Gasteiger partial charge in [-0.25, -0.2) is 0 Å². The van der Waals surface area contributed by atoms with Gasteiger partial charge in [-0.05, 0) is 23.9 Å². The molecule has 1 aromatic heterocycles. The molecule has 0 aliphatic heterocycles. The number of hydrogen-bond acceptors (Lipinski definition) is 2. The van der Waals surface area contributed by atoms with Crippen LogP contribution in [-0.2, 0) is 0 Å². The fraction of sp³-hybridized carbons (Fsp3) is 0.167. The van der Waals surface area contributed by atoms with E-state index in [1.807, 2.05) is 18.4 Å². The molecule has 1 heterocycles. The molecule has 0 unspecified atom stereocenters. The van der Waals surface area contributed by atoms with Crippen molar-refractivity contribution in [1.29, 1.82) is 5.41 Å². The Morgan fingerprint density at radius 1 is 1.78 bits per heavy atom. The molecule has 0 radical (unpaired) electrons. The summed E-state index contributed by atoms with van der Waals surface area (Å²) in [6.07, 6.45) is 0. The summed E-state index contributed by atoms with van der Waals surface area (Å²) in [7, 11) is 0. The predicted molar refractivity (Wildman–Crippen MR) is 40.1 cm³/mol. The van der Waals surface area contributed by atoms with Crippen LogP contribution in [0.1, 0.15) is 10.4 Å². The molecule has 3 heteroatoms. The van der Waals surface area contributed by atoms with Gasteiger partial charge in [0.2, 0.25) is 0 Å². The van der Waals surface area contributed by atoms with Crippen LogP contribution >= 0.6 is 11.3 Å². The summed E-state index contributed by atoms with van der Waals surface area (Å²) in [6.45, 7) is 1.95. The lowest BCUT2D eigenvalue weighted by Crippen LogP contribution is -2.09. The smallest absolute Gasteiger partial charge is 0.133 e. The summed E-state index contributed by atoms with van der Waals surface area (Å²) in [5.74, 6) is 0.169. The highest BCUT2D eigenvalue weighted by Gasteiger charge is 1.99. The normalized spacial score (nSPS) is 9.44. The molecule has 0 aromatic carbocycles. The van der Waals surface area contributed by atoms with Crippen molar-refractivity contribution >= 4 is 17.2 Å². The number of aryl methyl sites for hydroxylation is 1. The van der Waals surface area contributed by atoms with Crippen LogP contribution in [0.4, 0.5) is 0 Å². The molecule has 9 heavy (non-hydrogen) atoms. The van der Waals surface area contributed by atoms with Crippen LogP contribution in [0.5, 0.6) is 0 Å². The molecule has 0 atom stereocenters. The lowest BCUT2D eigenvalue weighted by Gasteiger charge is -1.91. The van der Waals surface area contributed by atoms with Gasteiger partial charge in [0.25, 0.3) is 0 Å². The fourth-order valence-corrected chi connectivity index (χ4v) is 1.44. The number of amidine groups is 1. The van der Waals surface area contributed by atoms with Gasteiger partial charge in [0.05, 0.1) is 4.88 Å². The third-order valence-electron chi connectivity index (χ3n) is 1.11. The van der Waals surface area contributed by atoms with Gasteiger partial charge >= 0.3 is 0 Å². The molecular weight excluding hydrogens is 132 g/mol. The average Bonchev–Trinajstić information content (AvgIpc) is 2.13. The number of hydrogen-bond donors (Lipinski definition) is 2. The van der Waals surface area contributed by atoms with Crippen molar-refractivity contribution in [3.8, 4) is 0 Å². The van der Waals surface area contributed by atoms with Crippen molar-refractivity contribution in [2.75, 3.05) is 0 Å². The lowest BCUT2D eigenvalue weighted by molar-refractivity contribution is 1.42. The van der Waals surface area contributed by atoms with Crippen molar-refractivity contribution < 1.29 is 0 Å². The summed E-state index contributed by atoms with van der Waals surface area (Å²) in [6, 6.07) is 1.96. The molecule has 48 valence electrons. The van der Waals surface area contributed by atoms with Crippen LogP contribution in [0.25, 0.3) is 0 Å². The molecular formula is C6H8N2S. The second-order valence-corrected chi connectivity index (χ2v) is 2.76. The Morgan fingerprint density at radius 3 is 2.67 bits per heavy atom. The SMILES string of the molecule is Cc1ccsc1C(=N)N. The quantitative estimate of drug-likeness (QED) is 0.449. The number of thiophene rings is 1. The van der Waals surface area contributed by atoms with Gasteiger partial charge < -0.3 is 5.73 Å². The van der Waals surface area contributed by atoms with Crippen molar-refractivity contribution in [3.63, 3.8) is 0 Å². The molecule has 0 saturated heterocycles. The molecule has 0 saturated carbocycles. The second kappa shape index (κ2) is 2.19. The standard InChI is InChI=1S/C6H8N2S/c1-4-2-3-9-5(4)6(7)8/h2-3H,1H3,(H3,7,8). The third kappa shape index (κ3) is 1.10. The Kier molecular flexibility index (Phi) is 1.53. The number of nitrogens with two attached hydrogens (primary N) is 1. The highest BCUT2D eigenvalue weighted by molar-refractivity contribution is 7.12. The summed E-state index contributed by atoms with van der Waals surface area (Å²) in [5, 5.41) is 9.02. The Labute approximate surface area is 57.8 Å². The first kappa shape index (κ1) is 6.29. The Hall–Kier alpha value is -0.830. The van der Waals surface area contributed by atoms with Gasteiger partial charge in [0.15, 0.2) is 0 Å². The zero-order valence-corrected chi connectivity index (χ0v) is 5.96. The summed E-state index contributed by atoms with van der Waals surface area (Å²) in [5.41, 5.74) is 6.34. The molecule has 1 aromatic rings. The van der Waals surface area contributed by atoms with Crippen LogP contribution in [0, 0.1) is 12.3 Å². The largest absolute Gasteiger partial charge is 0.383 e. The first-order valence-electron chi connectivity index (χ1n) is 2.60. The number of rotatable bonds is 1. The highest BCUT2D eigenvalue weighted by Crippen LogP contribution is 2.13. The van der Waals surface area contributed by atoms with Crippen molar-refractivity contribution in [2.45, 2.75) is 6.92 Å². The zero-order chi connectivity index (χ0) is 6.85. The number of nitrogens with one attached hydrogen (secondary N) is 1. The molecule has 0 aliphatic rings. The summed E-state index contributed by atoms with van der Waals surface area (Å²) in [4.78, 5) is 0.884. The molecule has 2 nitrogen and oxygen atoms in total. The maximum Gasteiger partial charge on any atom is 0.133 e. The van der Waals surface area contributed by atoms with Crippen LogP contribution in [0.2, 0.25) is 0 Å². The third-order valence-corrected chi connectivity index (χ3v) is 2.16. The van der Waals surface area contributed by atoms with Gasteiger partial charge in [-0.3, -0.25) is 5.41 Å². The zero-order valence-electron chi connectivity index (χ0n) is 5.14. The number of nitrogen functional groups attached to an aromatic ring is 1. The van der Waals surface area contributed by atoms with Gasteiger partial charge in [-0.1, -0.05) is 0 Å². The van der Waals surface area contributed by atoms with Crippen LogP contribution in [0.3, 0.4) is 0 Å².